The summed E-state index contributed by atoms with van der Waals surface area (Å²) in [5, 5.41) is 4.49. The molecule has 0 saturated heterocycles. The zero-order chi connectivity index (χ0) is 12.4. The summed E-state index contributed by atoms with van der Waals surface area (Å²) in [6, 6.07) is 18.2. The van der Waals surface area contributed by atoms with Crippen LogP contribution in [-0.2, 0) is 6.54 Å². The average molecular weight is 302 g/mol. The van der Waals surface area contributed by atoms with Gasteiger partial charge in [0.2, 0.25) is 0 Å². The van der Waals surface area contributed by atoms with Crippen LogP contribution in [0.1, 0.15) is 5.76 Å². The average Bonchev–Trinajstić information content (AvgIpc) is 2.80. The number of hydrogen-bond acceptors (Lipinski definition) is 2. The SMILES string of the molecule is Brc1ccccc1NCc1cc2ccccc2o1. The predicted octanol–water partition coefficient (Wildman–Crippen LogP) is 4.81. The molecule has 0 bridgehead atoms. The highest BCUT2D eigenvalue weighted by molar-refractivity contribution is 9.10. The molecule has 1 heterocycles. The van der Waals surface area contributed by atoms with Crippen molar-refractivity contribution in [2.75, 3.05) is 5.32 Å². The summed E-state index contributed by atoms with van der Waals surface area (Å²) in [5.74, 6) is 0.937. The van der Waals surface area contributed by atoms with Gasteiger partial charge in [0.25, 0.3) is 0 Å². The fourth-order valence-electron chi connectivity index (χ4n) is 1.91. The van der Waals surface area contributed by atoms with E-state index < -0.39 is 0 Å². The van der Waals surface area contributed by atoms with Crippen molar-refractivity contribution in [1.82, 2.24) is 0 Å². The lowest BCUT2D eigenvalue weighted by atomic mass is 10.2. The van der Waals surface area contributed by atoms with Crippen LogP contribution in [0.15, 0.2) is 63.5 Å². The molecular formula is C15H12BrNO. The molecule has 0 aliphatic rings. The molecule has 3 rings (SSSR count). The Morgan fingerprint density at radius 1 is 1.00 bits per heavy atom. The zero-order valence-electron chi connectivity index (χ0n) is 9.69. The van der Waals surface area contributed by atoms with Gasteiger partial charge in [0, 0.05) is 15.5 Å². The van der Waals surface area contributed by atoms with E-state index in [4.69, 9.17) is 4.42 Å². The molecule has 0 fully saturated rings. The van der Waals surface area contributed by atoms with Gasteiger partial charge in [-0.05, 0) is 40.2 Å². The molecule has 90 valence electrons. The number of para-hydroxylation sites is 2. The summed E-state index contributed by atoms with van der Waals surface area (Å²) >= 11 is 3.51. The van der Waals surface area contributed by atoms with E-state index in [2.05, 4.69) is 33.4 Å². The number of rotatable bonds is 3. The van der Waals surface area contributed by atoms with E-state index >= 15 is 0 Å². The lowest BCUT2D eigenvalue weighted by molar-refractivity contribution is 0.559. The molecule has 0 amide bonds. The molecule has 0 radical (unpaired) electrons. The number of benzene rings is 2. The highest BCUT2D eigenvalue weighted by Gasteiger charge is 2.03. The van der Waals surface area contributed by atoms with E-state index in [1.54, 1.807) is 0 Å². The van der Waals surface area contributed by atoms with Crippen molar-refractivity contribution in [1.29, 1.82) is 0 Å². The van der Waals surface area contributed by atoms with Crippen molar-refractivity contribution in [3.05, 3.63) is 64.8 Å². The summed E-state index contributed by atoms with van der Waals surface area (Å²) in [6.45, 7) is 0.678. The molecule has 0 aliphatic heterocycles. The first-order chi connectivity index (χ1) is 8.83. The summed E-state index contributed by atoms with van der Waals surface area (Å²) in [5.41, 5.74) is 2.00. The van der Waals surface area contributed by atoms with Crippen LogP contribution in [0.2, 0.25) is 0 Å². The Morgan fingerprint density at radius 3 is 2.61 bits per heavy atom. The predicted molar refractivity (Wildman–Crippen MR) is 77.7 cm³/mol. The van der Waals surface area contributed by atoms with Crippen molar-refractivity contribution >= 4 is 32.6 Å². The van der Waals surface area contributed by atoms with Gasteiger partial charge < -0.3 is 9.73 Å². The first-order valence-corrected chi connectivity index (χ1v) is 6.58. The van der Waals surface area contributed by atoms with Gasteiger partial charge in [-0.3, -0.25) is 0 Å². The van der Waals surface area contributed by atoms with Crippen molar-refractivity contribution < 1.29 is 4.42 Å². The topological polar surface area (TPSA) is 25.2 Å². The second kappa shape index (κ2) is 4.86. The zero-order valence-corrected chi connectivity index (χ0v) is 11.3. The lowest BCUT2D eigenvalue weighted by Crippen LogP contribution is -1.98. The normalized spacial score (nSPS) is 10.7. The van der Waals surface area contributed by atoms with Crippen LogP contribution in [0.3, 0.4) is 0 Å². The molecule has 2 nitrogen and oxygen atoms in total. The molecule has 3 aromatic rings. The Morgan fingerprint density at radius 2 is 1.78 bits per heavy atom. The molecule has 1 N–H and O–H groups in total. The number of fused-ring (bicyclic) bond motifs is 1. The van der Waals surface area contributed by atoms with Crippen molar-refractivity contribution in [3.63, 3.8) is 0 Å². The number of nitrogens with one attached hydrogen (secondary N) is 1. The second-order valence-corrected chi connectivity index (χ2v) is 4.94. The number of furan rings is 1. The molecule has 0 unspecified atom stereocenters. The summed E-state index contributed by atoms with van der Waals surface area (Å²) in [7, 11) is 0. The van der Waals surface area contributed by atoms with E-state index in [9.17, 15) is 0 Å². The smallest absolute Gasteiger partial charge is 0.134 e. The van der Waals surface area contributed by atoms with E-state index in [-0.39, 0.29) is 0 Å². The quantitative estimate of drug-likeness (QED) is 0.751. The Kier molecular flexibility index (Phi) is 3.07. The van der Waals surface area contributed by atoms with Gasteiger partial charge in [0.05, 0.1) is 6.54 Å². The van der Waals surface area contributed by atoms with E-state index in [0.717, 1.165) is 26.9 Å². The van der Waals surface area contributed by atoms with Crippen LogP contribution in [0.25, 0.3) is 11.0 Å². The molecule has 0 atom stereocenters. The van der Waals surface area contributed by atoms with Gasteiger partial charge in [-0.1, -0.05) is 30.3 Å². The third-order valence-corrected chi connectivity index (χ3v) is 3.49. The van der Waals surface area contributed by atoms with Gasteiger partial charge in [0.15, 0.2) is 0 Å². The van der Waals surface area contributed by atoms with Crippen LogP contribution in [0.4, 0.5) is 5.69 Å². The van der Waals surface area contributed by atoms with Crippen LogP contribution in [0.5, 0.6) is 0 Å². The van der Waals surface area contributed by atoms with Gasteiger partial charge in [-0.25, -0.2) is 0 Å². The third-order valence-electron chi connectivity index (χ3n) is 2.80. The monoisotopic (exact) mass is 301 g/mol. The Labute approximate surface area is 114 Å². The molecule has 0 saturated carbocycles. The van der Waals surface area contributed by atoms with E-state index in [1.807, 2.05) is 42.5 Å². The Balaban J connectivity index is 1.79. The minimum absolute atomic E-state index is 0.678. The van der Waals surface area contributed by atoms with E-state index in [0.29, 0.717) is 6.54 Å². The molecule has 1 aromatic heterocycles. The van der Waals surface area contributed by atoms with Gasteiger partial charge >= 0.3 is 0 Å². The maximum absolute atomic E-state index is 5.75. The largest absolute Gasteiger partial charge is 0.459 e. The highest BCUT2D eigenvalue weighted by atomic mass is 79.9. The highest BCUT2D eigenvalue weighted by Crippen LogP contribution is 2.23. The maximum atomic E-state index is 5.75. The third kappa shape index (κ3) is 2.27. The number of hydrogen-bond donors (Lipinski definition) is 1. The minimum Gasteiger partial charge on any atom is -0.459 e. The fraction of sp³-hybridized carbons (Fsp3) is 0.0667. The number of anilines is 1. The summed E-state index contributed by atoms with van der Waals surface area (Å²) < 4.78 is 6.81. The molecule has 18 heavy (non-hydrogen) atoms. The first-order valence-electron chi connectivity index (χ1n) is 5.79. The maximum Gasteiger partial charge on any atom is 0.134 e. The summed E-state index contributed by atoms with van der Waals surface area (Å²) in [4.78, 5) is 0. The van der Waals surface area contributed by atoms with Crippen LogP contribution < -0.4 is 5.32 Å². The molecule has 0 aliphatic carbocycles. The van der Waals surface area contributed by atoms with Crippen LogP contribution in [-0.4, -0.2) is 0 Å². The van der Waals surface area contributed by atoms with Crippen molar-refractivity contribution in [2.45, 2.75) is 6.54 Å². The molecule has 3 heteroatoms. The molecular weight excluding hydrogens is 290 g/mol. The summed E-state index contributed by atoms with van der Waals surface area (Å²) in [6.07, 6.45) is 0. The number of halogens is 1. The molecule has 2 aromatic carbocycles. The van der Waals surface area contributed by atoms with Crippen LogP contribution in [0, 0.1) is 0 Å². The standard InChI is InChI=1S/C15H12BrNO/c16-13-6-2-3-7-14(13)17-10-12-9-11-5-1-4-8-15(11)18-12/h1-9,17H,10H2. The van der Waals surface area contributed by atoms with E-state index in [1.165, 1.54) is 0 Å². The van der Waals surface area contributed by atoms with Gasteiger partial charge in [-0.15, -0.1) is 0 Å². The van der Waals surface area contributed by atoms with Crippen LogP contribution >= 0.6 is 15.9 Å². The van der Waals surface area contributed by atoms with Crippen molar-refractivity contribution in [2.24, 2.45) is 0 Å². The Hall–Kier alpha value is -1.74. The molecule has 0 spiro atoms. The van der Waals surface area contributed by atoms with Gasteiger partial charge in [0.1, 0.15) is 11.3 Å². The van der Waals surface area contributed by atoms with Crippen molar-refractivity contribution in [3.8, 4) is 0 Å². The Bertz CT molecular complexity index is 642. The lowest BCUT2D eigenvalue weighted by Gasteiger charge is -2.05. The van der Waals surface area contributed by atoms with Gasteiger partial charge in [-0.2, -0.15) is 0 Å². The minimum atomic E-state index is 0.678. The second-order valence-electron chi connectivity index (χ2n) is 4.08. The fourth-order valence-corrected chi connectivity index (χ4v) is 2.34. The first kappa shape index (κ1) is 11.4.